The van der Waals surface area contributed by atoms with Crippen LogP contribution in [0.15, 0.2) is 36.5 Å². The van der Waals surface area contributed by atoms with Gasteiger partial charge in [0.05, 0.1) is 11.4 Å². The van der Waals surface area contributed by atoms with Gasteiger partial charge in [-0.25, -0.2) is 4.98 Å². The van der Waals surface area contributed by atoms with Crippen molar-refractivity contribution < 1.29 is 0 Å². The summed E-state index contributed by atoms with van der Waals surface area (Å²) in [5, 5.41) is 12.2. The van der Waals surface area contributed by atoms with Gasteiger partial charge < -0.3 is 5.32 Å². The summed E-state index contributed by atoms with van der Waals surface area (Å²) in [6.07, 6.45) is 2.91. The van der Waals surface area contributed by atoms with Crippen LogP contribution in [0.5, 0.6) is 0 Å². The third kappa shape index (κ3) is 3.62. The number of hydrogen-bond donors (Lipinski definition) is 1. The molecule has 4 heteroatoms. The molecule has 2 heterocycles. The number of rotatable bonds is 5. The van der Waals surface area contributed by atoms with Crippen LogP contribution in [0.3, 0.4) is 0 Å². The average molecular weight is 266 g/mol. The zero-order valence-corrected chi connectivity index (χ0v) is 11.8. The van der Waals surface area contributed by atoms with Gasteiger partial charge in [0.2, 0.25) is 0 Å². The van der Waals surface area contributed by atoms with Crippen LogP contribution in [0.1, 0.15) is 42.5 Å². The van der Waals surface area contributed by atoms with E-state index in [9.17, 15) is 0 Å². The van der Waals surface area contributed by atoms with Gasteiger partial charge in [0.15, 0.2) is 0 Å². The summed E-state index contributed by atoms with van der Waals surface area (Å²) in [6, 6.07) is 11.8. The van der Waals surface area contributed by atoms with Crippen molar-refractivity contribution in [3.05, 3.63) is 59.2 Å². The molecule has 1 unspecified atom stereocenters. The Bertz CT molecular complexity index is 599. The molecule has 2 aromatic rings. The van der Waals surface area contributed by atoms with Gasteiger partial charge in [0.25, 0.3) is 0 Å². The molecule has 0 aromatic carbocycles. The fourth-order valence-electron chi connectivity index (χ4n) is 1.89. The number of aryl methyl sites for hydroxylation is 1. The minimum atomic E-state index is 0.0796. The van der Waals surface area contributed by atoms with Gasteiger partial charge in [0, 0.05) is 18.8 Å². The summed E-state index contributed by atoms with van der Waals surface area (Å²) < 4.78 is 0. The standard InChI is InChI=1S/C16H18N4/c1-3-13-7-8-15(19-10-13)11-18-12(2)16-6-4-5-14(9-17)20-16/h4-8,10,12,18H,3,11H2,1-2H3. The van der Waals surface area contributed by atoms with Crippen LogP contribution in [0.2, 0.25) is 0 Å². The van der Waals surface area contributed by atoms with Gasteiger partial charge in [-0.1, -0.05) is 19.1 Å². The van der Waals surface area contributed by atoms with Crippen LogP contribution >= 0.6 is 0 Å². The Balaban J connectivity index is 1.97. The zero-order chi connectivity index (χ0) is 14.4. The maximum Gasteiger partial charge on any atom is 0.140 e. The van der Waals surface area contributed by atoms with Crippen molar-refractivity contribution in [2.24, 2.45) is 0 Å². The molecule has 4 nitrogen and oxygen atoms in total. The number of hydrogen-bond acceptors (Lipinski definition) is 4. The topological polar surface area (TPSA) is 61.6 Å². The highest BCUT2D eigenvalue weighted by Gasteiger charge is 2.07. The van der Waals surface area contributed by atoms with E-state index in [-0.39, 0.29) is 6.04 Å². The summed E-state index contributed by atoms with van der Waals surface area (Å²) in [5.74, 6) is 0. The first-order valence-electron chi connectivity index (χ1n) is 6.77. The lowest BCUT2D eigenvalue weighted by atomic mass is 10.2. The highest BCUT2D eigenvalue weighted by molar-refractivity contribution is 5.23. The SMILES string of the molecule is CCc1ccc(CNC(C)c2cccc(C#N)n2)nc1. The smallest absolute Gasteiger partial charge is 0.140 e. The first-order valence-corrected chi connectivity index (χ1v) is 6.77. The van der Waals surface area contributed by atoms with Gasteiger partial charge in [-0.2, -0.15) is 5.26 Å². The molecule has 0 bridgehead atoms. The van der Waals surface area contributed by atoms with Crippen LogP contribution in [-0.2, 0) is 13.0 Å². The molecule has 1 atom stereocenters. The monoisotopic (exact) mass is 266 g/mol. The molecule has 0 radical (unpaired) electrons. The second kappa shape index (κ2) is 6.78. The van der Waals surface area contributed by atoms with Crippen molar-refractivity contribution in [3.8, 4) is 6.07 Å². The number of nitriles is 1. The fourth-order valence-corrected chi connectivity index (χ4v) is 1.89. The molecule has 0 amide bonds. The largest absolute Gasteiger partial charge is 0.303 e. The average Bonchev–Trinajstić information content (AvgIpc) is 2.53. The van der Waals surface area contributed by atoms with E-state index < -0.39 is 0 Å². The Hall–Kier alpha value is -2.25. The van der Waals surface area contributed by atoms with Gasteiger partial charge >= 0.3 is 0 Å². The maximum absolute atomic E-state index is 8.86. The van der Waals surface area contributed by atoms with E-state index in [2.05, 4.69) is 34.3 Å². The lowest BCUT2D eigenvalue weighted by molar-refractivity contribution is 0.554. The van der Waals surface area contributed by atoms with Crippen LogP contribution in [0.4, 0.5) is 0 Å². The molecule has 2 rings (SSSR count). The second-order valence-corrected chi connectivity index (χ2v) is 4.67. The van der Waals surface area contributed by atoms with Crippen molar-refractivity contribution in [1.29, 1.82) is 5.26 Å². The number of aromatic nitrogens is 2. The Morgan fingerprint density at radius 2 is 2.15 bits per heavy atom. The molecule has 20 heavy (non-hydrogen) atoms. The molecule has 0 aliphatic rings. The van der Waals surface area contributed by atoms with Crippen molar-refractivity contribution in [3.63, 3.8) is 0 Å². The minimum absolute atomic E-state index is 0.0796. The van der Waals surface area contributed by atoms with E-state index in [0.29, 0.717) is 12.2 Å². The molecular formula is C16H18N4. The third-order valence-corrected chi connectivity index (χ3v) is 3.21. The first kappa shape index (κ1) is 14.2. The molecular weight excluding hydrogens is 248 g/mol. The molecule has 2 aromatic heterocycles. The Labute approximate surface area is 119 Å². The normalized spacial score (nSPS) is 11.8. The molecule has 0 spiro atoms. The summed E-state index contributed by atoms with van der Waals surface area (Å²) >= 11 is 0. The lowest BCUT2D eigenvalue weighted by Gasteiger charge is -2.13. The van der Waals surface area contributed by atoms with Gasteiger partial charge in [-0.05, 0) is 37.1 Å². The van der Waals surface area contributed by atoms with E-state index in [4.69, 9.17) is 5.26 Å². The second-order valence-electron chi connectivity index (χ2n) is 4.67. The van der Waals surface area contributed by atoms with Crippen molar-refractivity contribution in [2.45, 2.75) is 32.9 Å². The van der Waals surface area contributed by atoms with Gasteiger partial charge in [-0.15, -0.1) is 0 Å². The highest BCUT2D eigenvalue weighted by Crippen LogP contribution is 2.11. The van der Waals surface area contributed by atoms with Crippen molar-refractivity contribution in [1.82, 2.24) is 15.3 Å². The van der Waals surface area contributed by atoms with E-state index in [0.717, 1.165) is 17.8 Å². The predicted octanol–water partition coefficient (Wildman–Crippen LogP) is 2.76. The molecule has 0 aliphatic heterocycles. The van der Waals surface area contributed by atoms with Crippen molar-refractivity contribution in [2.75, 3.05) is 0 Å². The number of nitrogens with zero attached hydrogens (tertiary/aromatic N) is 3. The number of pyridine rings is 2. The van der Waals surface area contributed by atoms with Crippen LogP contribution < -0.4 is 5.32 Å². The summed E-state index contributed by atoms with van der Waals surface area (Å²) in [5.41, 5.74) is 3.56. The predicted molar refractivity (Wildman–Crippen MR) is 77.8 cm³/mol. The molecule has 1 N–H and O–H groups in total. The Morgan fingerprint density at radius 3 is 2.80 bits per heavy atom. The summed E-state index contributed by atoms with van der Waals surface area (Å²) in [6.45, 7) is 4.83. The van der Waals surface area contributed by atoms with Crippen LogP contribution in [0.25, 0.3) is 0 Å². The van der Waals surface area contributed by atoms with E-state index in [1.54, 1.807) is 6.07 Å². The zero-order valence-electron chi connectivity index (χ0n) is 11.8. The fraction of sp³-hybridized carbons (Fsp3) is 0.312. The maximum atomic E-state index is 8.86. The van der Waals surface area contributed by atoms with Crippen molar-refractivity contribution >= 4 is 0 Å². The minimum Gasteiger partial charge on any atom is -0.303 e. The van der Waals surface area contributed by atoms with Gasteiger partial charge in [-0.3, -0.25) is 4.98 Å². The lowest BCUT2D eigenvalue weighted by Crippen LogP contribution is -2.20. The van der Waals surface area contributed by atoms with Crippen LogP contribution in [-0.4, -0.2) is 9.97 Å². The quantitative estimate of drug-likeness (QED) is 0.904. The van der Waals surface area contributed by atoms with Crippen LogP contribution in [0, 0.1) is 11.3 Å². The van der Waals surface area contributed by atoms with Gasteiger partial charge in [0.1, 0.15) is 11.8 Å². The first-order chi connectivity index (χ1) is 9.72. The summed E-state index contributed by atoms with van der Waals surface area (Å²) in [7, 11) is 0. The summed E-state index contributed by atoms with van der Waals surface area (Å²) in [4.78, 5) is 8.70. The third-order valence-electron chi connectivity index (χ3n) is 3.21. The van der Waals surface area contributed by atoms with E-state index in [1.807, 2.05) is 31.3 Å². The molecule has 0 saturated carbocycles. The molecule has 0 fully saturated rings. The molecule has 0 aliphatic carbocycles. The highest BCUT2D eigenvalue weighted by atomic mass is 14.9. The van der Waals surface area contributed by atoms with E-state index in [1.165, 1.54) is 5.56 Å². The van der Waals surface area contributed by atoms with E-state index >= 15 is 0 Å². The number of nitrogens with one attached hydrogen (secondary N) is 1. The Morgan fingerprint density at radius 1 is 1.30 bits per heavy atom. The molecule has 0 saturated heterocycles. The Kier molecular flexibility index (Phi) is 4.80. The molecule has 102 valence electrons.